The van der Waals surface area contributed by atoms with Crippen LogP contribution in [-0.4, -0.2) is 5.97 Å². The molecule has 1 fully saturated rings. The Labute approximate surface area is 188 Å². The van der Waals surface area contributed by atoms with E-state index in [1.165, 1.54) is 0 Å². The molecule has 0 aliphatic heterocycles. The Hall–Kier alpha value is -2.98. The Balaban J connectivity index is 1.57. The number of esters is 1. The molecule has 0 radical (unpaired) electrons. The second-order valence-corrected chi connectivity index (χ2v) is 8.89. The summed E-state index contributed by atoms with van der Waals surface area (Å²) in [6.07, 6.45) is 0.0588. The Morgan fingerprint density at radius 2 is 1.55 bits per heavy atom. The average Bonchev–Trinajstić information content (AvgIpc) is 3.46. The molecule has 4 heteroatoms. The van der Waals surface area contributed by atoms with Gasteiger partial charge < -0.3 is 4.74 Å². The van der Waals surface area contributed by atoms with Crippen LogP contribution in [0, 0.1) is 0 Å². The first-order valence-corrected chi connectivity index (χ1v) is 11.0. The number of benzene rings is 4. The Bertz CT molecular complexity index is 1250. The van der Waals surface area contributed by atoms with Crippen molar-refractivity contribution in [3.63, 3.8) is 0 Å². The van der Waals surface area contributed by atoms with Gasteiger partial charge >= 0.3 is 5.97 Å². The fraction of sp³-hybridized carbons (Fsp3) is 0.148. The van der Waals surface area contributed by atoms with Crippen LogP contribution in [0.3, 0.4) is 0 Å². The van der Waals surface area contributed by atoms with Gasteiger partial charge in [-0.05, 0) is 39.6 Å². The van der Waals surface area contributed by atoms with Crippen LogP contribution in [-0.2, 0) is 27.2 Å². The van der Waals surface area contributed by atoms with E-state index in [2.05, 4.69) is 15.9 Å². The van der Waals surface area contributed by atoms with Gasteiger partial charge in [0.15, 0.2) is 5.67 Å². The fourth-order valence-corrected chi connectivity index (χ4v) is 4.74. The molecule has 0 amide bonds. The van der Waals surface area contributed by atoms with Gasteiger partial charge in [0.1, 0.15) is 12.0 Å². The lowest BCUT2D eigenvalue weighted by Crippen LogP contribution is -2.30. The summed E-state index contributed by atoms with van der Waals surface area (Å²) < 4.78 is 23.3. The summed E-state index contributed by atoms with van der Waals surface area (Å²) in [5.41, 5.74) is -1.17. The third-order valence-electron chi connectivity index (χ3n) is 6.18. The second-order valence-electron chi connectivity index (χ2n) is 7.98. The molecule has 5 rings (SSSR count). The van der Waals surface area contributed by atoms with Gasteiger partial charge in [0, 0.05) is 10.9 Å². The molecule has 0 bridgehead atoms. The number of alkyl halides is 1. The third-order valence-corrected chi connectivity index (χ3v) is 6.70. The van der Waals surface area contributed by atoms with Crippen LogP contribution in [0.4, 0.5) is 4.39 Å². The molecule has 0 saturated heterocycles. The van der Waals surface area contributed by atoms with Gasteiger partial charge in [-0.15, -0.1) is 0 Å². The number of hydrogen-bond acceptors (Lipinski definition) is 2. The van der Waals surface area contributed by atoms with Gasteiger partial charge in [0.2, 0.25) is 0 Å². The first kappa shape index (κ1) is 20.0. The SMILES string of the molecule is O=C(OCc1ccccc1)[C@]1(c2ccc(Br)cc2)C[C@@]1(F)c1cccc2ccccc12. The van der Waals surface area contributed by atoms with Gasteiger partial charge in [-0.3, -0.25) is 4.79 Å². The minimum absolute atomic E-state index is 0.0588. The lowest BCUT2D eigenvalue weighted by Gasteiger charge is -2.21. The Morgan fingerprint density at radius 3 is 2.32 bits per heavy atom. The molecule has 0 heterocycles. The van der Waals surface area contributed by atoms with Crippen molar-refractivity contribution in [2.75, 3.05) is 0 Å². The predicted molar refractivity (Wildman–Crippen MR) is 123 cm³/mol. The van der Waals surface area contributed by atoms with E-state index in [0.29, 0.717) is 11.1 Å². The molecule has 1 aliphatic carbocycles. The highest BCUT2D eigenvalue weighted by atomic mass is 79.9. The van der Waals surface area contributed by atoms with Crippen molar-refractivity contribution < 1.29 is 13.9 Å². The smallest absolute Gasteiger partial charge is 0.320 e. The molecule has 0 aromatic heterocycles. The van der Waals surface area contributed by atoms with E-state index in [0.717, 1.165) is 20.8 Å². The van der Waals surface area contributed by atoms with Crippen LogP contribution >= 0.6 is 15.9 Å². The van der Waals surface area contributed by atoms with Crippen LogP contribution in [0.1, 0.15) is 23.1 Å². The van der Waals surface area contributed by atoms with Crippen LogP contribution in [0.15, 0.2) is 102 Å². The standard InChI is InChI=1S/C27H20BrFO2/c28-22-15-13-21(14-16-22)26(25(30)31-17-19-7-2-1-3-8-19)18-27(26,29)24-12-6-10-20-9-4-5-11-23(20)24/h1-16H,17-18H2/t26-,27-/m1/s1. The number of carbonyl (C=O) groups is 1. The predicted octanol–water partition coefficient (Wildman–Crippen LogP) is 6.85. The van der Waals surface area contributed by atoms with Gasteiger partial charge in [-0.1, -0.05) is 101 Å². The van der Waals surface area contributed by atoms with Crippen LogP contribution < -0.4 is 0 Å². The maximum absolute atomic E-state index is 16.7. The summed E-state index contributed by atoms with van der Waals surface area (Å²) in [5, 5.41) is 1.77. The fourth-order valence-electron chi connectivity index (χ4n) is 4.48. The summed E-state index contributed by atoms with van der Waals surface area (Å²) in [5.74, 6) is -0.533. The molecular weight excluding hydrogens is 455 g/mol. The Kier molecular flexibility index (Phi) is 4.90. The number of hydrogen-bond donors (Lipinski definition) is 0. The first-order chi connectivity index (χ1) is 15.0. The van der Waals surface area contributed by atoms with Crippen molar-refractivity contribution in [2.45, 2.75) is 24.1 Å². The number of carbonyl (C=O) groups excluding carboxylic acids is 1. The normalized spacial score (nSPS) is 22.3. The zero-order valence-corrected chi connectivity index (χ0v) is 18.3. The van der Waals surface area contributed by atoms with Crippen LogP contribution in [0.2, 0.25) is 0 Å². The third kappa shape index (κ3) is 3.26. The number of halogens is 2. The molecule has 2 nitrogen and oxygen atoms in total. The second kappa shape index (κ2) is 7.61. The van der Waals surface area contributed by atoms with Crippen molar-refractivity contribution in [1.82, 2.24) is 0 Å². The Morgan fingerprint density at radius 1 is 0.871 bits per heavy atom. The molecule has 1 saturated carbocycles. The highest BCUT2D eigenvalue weighted by molar-refractivity contribution is 9.10. The summed E-state index contributed by atoms with van der Waals surface area (Å²) in [7, 11) is 0. The van der Waals surface area contributed by atoms with E-state index >= 15 is 4.39 Å². The molecule has 2 atom stereocenters. The number of rotatable bonds is 5. The van der Waals surface area contributed by atoms with E-state index in [-0.39, 0.29) is 13.0 Å². The van der Waals surface area contributed by atoms with Crippen molar-refractivity contribution in [3.8, 4) is 0 Å². The van der Waals surface area contributed by atoms with Gasteiger partial charge in [-0.25, -0.2) is 4.39 Å². The summed E-state index contributed by atoms with van der Waals surface area (Å²) in [6.45, 7) is 0.115. The highest BCUT2D eigenvalue weighted by Gasteiger charge is 2.76. The number of ether oxygens (including phenoxy) is 1. The van der Waals surface area contributed by atoms with E-state index < -0.39 is 17.1 Å². The molecule has 4 aromatic rings. The van der Waals surface area contributed by atoms with Gasteiger partial charge in [-0.2, -0.15) is 0 Å². The van der Waals surface area contributed by atoms with E-state index in [1.54, 1.807) is 18.2 Å². The van der Waals surface area contributed by atoms with Crippen molar-refractivity contribution in [3.05, 3.63) is 118 Å². The molecule has 0 unspecified atom stereocenters. The maximum atomic E-state index is 16.7. The van der Waals surface area contributed by atoms with E-state index in [1.807, 2.05) is 78.9 Å². The summed E-state index contributed by atoms with van der Waals surface area (Å²) >= 11 is 3.43. The largest absolute Gasteiger partial charge is 0.460 e. The van der Waals surface area contributed by atoms with E-state index in [4.69, 9.17) is 4.74 Å². The minimum atomic E-state index is -1.84. The molecule has 4 aromatic carbocycles. The molecule has 31 heavy (non-hydrogen) atoms. The maximum Gasteiger partial charge on any atom is 0.320 e. The lowest BCUT2D eigenvalue weighted by molar-refractivity contribution is -0.149. The van der Waals surface area contributed by atoms with Crippen LogP contribution in [0.25, 0.3) is 10.8 Å². The molecule has 0 N–H and O–H groups in total. The monoisotopic (exact) mass is 474 g/mol. The number of fused-ring (bicyclic) bond motifs is 1. The quantitative estimate of drug-likeness (QED) is 0.295. The summed E-state index contributed by atoms with van der Waals surface area (Å²) in [4.78, 5) is 13.4. The van der Waals surface area contributed by atoms with Crippen molar-refractivity contribution in [1.29, 1.82) is 0 Å². The van der Waals surface area contributed by atoms with E-state index in [9.17, 15) is 4.79 Å². The molecule has 0 spiro atoms. The van der Waals surface area contributed by atoms with Crippen LogP contribution in [0.5, 0.6) is 0 Å². The molecule has 1 aliphatic rings. The topological polar surface area (TPSA) is 26.3 Å². The first-order valence-electron chi connectivity index (χ1n) is 10.2. The minimum Gasteiger partial charge on any atom is -0.460 e. The highest BCUT2D eigenvalue weighted by Crippen LogP contribution is 2.68. The van der Waals surface area contributed by atoms with Gasteiger partial charge in [0.25, 0.3) is 0 Å². The zero-order chi connectivity index (χ0) is 21.5. The summed E-state index contributed by atoms with van der Waals surface area (Å²) in [6, 6.07) is 30.0. The van der Waals surface area contributed by atoms with Gasteiger partial charge in [0.05, 0.1) is 0 Å². The lowest BCUT2D eigenvalue weighted by atomic mass is 9.87. The average molecular weight is 475 g/mol. The molecule has 154 valence electrons. The van der Waals surface area contributed by atoms with Crippen molar-refractivity contribution in [2.24, 2.45) is 0 Å². The van der Waals surface area contributed by atoms with Crippen molar-refractivity contribution >= 4 is 32.7 Å². The molecular formula is C27H20BrFO2. The zero-order valence-electron chi connectivity index (χ0n) is 16.7.